The maximum Gasteiger partial charge on any atom is 0.345 e. The van der Waals surface area contributed by atoms with Crippen LogP contribution in [0, 0.1) is 0 Å². The minimum absolute atomic E-state index is 0.0861. The fraction of sp³-hybridized carbons (Fsp3) is 0.621. The van der Waals surface area contributed by atoms with Crippen LogP contribution in [0.15, 0.2) is 18.2 Å². The summed E-state index contributed by atoms with van der Waals surface area (Å²) in [7, 11) is 1.64. The Morgan fingerprint density at radius 1 is 1.05 bits per heavy atom. The van der Waals surface area contributed by atoms with Crippen molar-refractivity contribution in [2.45, 2.75) is 57.2 Å². The van der Waals surface area contributed by atoms with Crippen LogP contribution in [0.4, 0.5) is 23.0 Å². The zero-order chi connectivity index (χ0) is 30.6. The molecule has 0 atom stereocenters. The lowest BCUT2D eigenvalue weighted by Gasteiger charge is -2.44. The van der Waals surface area contributed by atoms with Crippen molar-refractivity contribution in [3.8, 4) is 5.75 Å². The van der Waals surface area contributed by atoms with E-state index in [1.807, 2.05) is 25.1 Å². The monoisotopic (exact) mass is 600 g/mol. The molecule has 4 heterocycles. The first kappa shape index (κ1) is 31.2. The second-order valence-electron chi connectivity index (χ2n) is 11.3. The minimum atomic E-state index is -2.76. The van der Waals surface area contributed by atoms with Crippen molar-refractivity contribution in [1.29, 1.82) is 0 Å². The van der Waals surface area contributed by atoms with Crippen LogP contribution < -0.4 is 26.0 Å². The fourth-order valence-electron chi connectivity index (χ4n) is 6.14. The number of benzene rings is 1. The van der Waals surface area contributed by atoms with Gasteiger partial charge in [0.25, 0.3) is 5.91 Å². The van der Waals surface area contributed by atoms with Crippen LogP contribution in [0.2, 0.25) is 0 Å². The van der Waals surface area contributed by atoms with Gasteiger partial charge in [0.1, 0.15) is 5.75 Å². The first-order chi connectivity index (χ1) is 20.7. The third kappa shape index (κ3) is 7.45. The maximum atomic E-state index is 12.3. The number of aromatic nitrogens is 2. The summed E-state index contributed by atoms with van der Waals surface area (Å²) in [4.78, 5) is 27.6. The Morgan fingerprint density at radius 3 is 2.35 bits per heavy atom. The van der Waals surface area contributed by atoms with E-state index in [9.17, 15) is 20.1 Å². The highest BCUT2D eigenvalue weighted by Gasteiger charge is 2.35. The first-order valence-electron chi connectivity index (χ1n) is 15.1. The van der Waals surface area contributed by atoms with Gasteiger partial charge in [0.15, 0.2) is 17.3 Å². The van der Waals surface area contributed by atoms with Crippen molar-refractivity contribution in [3.63, 3.8) is 0 Å². The summed E-state index contributed by atoms with van der Waals surface area (Å²) in [5.41, 5.74) is 8.15. The Labute approximate surface area is 251 Å². The molecule has 1 aromatic carbocycles. The number of carbonyl (C=O) groups is 1. The smallest absolute Gasteiger partial charge is 0.345 e. The second kappa shape index (κ2) is 13.6. The number of piperazine rings is 1. The van der Waals surface area contributed by atoms with Crippen LogP contribution >= 0.6 is 0 Å². The van der Waals surface area contributed by atoms with Crippen LogP contribution in [0.25, 0.3) is 0 Å². The van der Waals surface area contributed by atoms with E-state index in [2.05, 4.69) is 25.4 Å². The molecule has 0 saturated carbocycles. The second-order valence-corrected chi connectivity index (χ2v) is 11.3. The standard InChI is InChI=1S/C29H44N8O6/c1-3-22-27(31-19-8-16-43-17-9-19)34-28(25(33-22)26(30)38)32-20-4-5-23(24(18-20)42-2)36-10-6-21(7-11-36)35-12-14-37(15-13-35)29(39,40)41/h4-5,18-19,21,39-41H,3,6-17H2,1-2H3,(H2,30,38)(H2,31,32,34). The van der Waals surface area contributed by atoms with Gasteiger partial charge in [0.2, 0.25) is 0 Å². The molecule has 7 N–H and O–H groups in total. The van der Waals surface area contributed by atoms with Gasteiger partial charge in [-0.25, -0.2) is 14.9 Å². The van der Waals surface area contributed by atoms with Crippen molar-refractivity contribution in [2.75, 3.05) is 75.1 Å². The average molecular weight is 601 g/mol. The Hall–Kier alpha value is -3.27. The van der Waals surface area contributed by atoms with E-state index in [0.717, 1.165) is 44.5 Å². The van der Waals surface area contributed by atoms with Gasteiger partial charge in [-0.3, -0.25) is 9.69 Å². The summed E-state index contributed by atoms with van der Waals surface area (Å²) in [6, 6.07) is 6.42. The van der Waals surface area contributed by atoms with E-state index in [1.165, 1.54) is 4.90 Å². The molecular formula is C29H44N8O6. The van der Waals surface area contributed by atoms with E-state index in [0.29, 0.717) is 74.8 Å². The Bertz CT molecular complexity index is 1250. The quantitative estimate of drug-likeness (QED) is 0.209. The number of carbonyl (C=O) groups excluding carboxylic acids is 1. The number of piperidine rings is 1. The van der Waals surface area contributed by atoms with Gasteiger partial charge in [-0.05, 0) is 44.2 Å². The van der Waals surface area contributed by atoms with Gasteiger partial charge in [0, 0.05) is 76.3 Å². The molecule has 0 radical (unpaired) electrons. The van der Waals surface area contributed by atoms with Gasteiger partial charge in [-0.1, -0.05) is 6.92 Å². The third-order valence-electron chi connectivity index (χ3n) is 8.60. The van der Waals surface area contributed by atoms with Gasteiger partial charge < -0.3 is 46.1 Å². The van der Waals surface area contributed by atoms with Crippen molar-refractivity contribution in [1.82, 2.24) is 19.8 Å². The van der Waals surface area contributed by atoms with Crippen LogP contribution in [0.1, 0.15) is 48.8 Å². The zero-order valence-electron chi connectivity index (χ0n) is 25.0. The van der Waals surface area contributed by atoms with Crippen LogP contribution in [0.5, 0.6) is 5.75 Å². The molecule has 14 nitrogen and oxygen atoms in total. The lowest BCUT2D eigenvalue weighted by atomic mass is 10.0. The number of nitrogens with two attached hydrogens (primary N) is 1. The number of hydrogen-bond donors (Lipinski definition) is 6. The van der Waals surface area contributed by atoms with Crippen LogP contribution in [-0.2, 0) is 11.2 Å². The van der Waals surface area contributed by atoms with Crippen molar-refractivity contribution >= 4 is 28.9 Å². The predicted octanol–water partition coefficient (Wildman–Crippen LogP) is 0.656. The van der Waals surface area contributed by atoms with E-state index >= 15 is 0 Å². The topological polar surface area (TPSA) is 182 Å². The lowest BCUT2D eigenvalue weighted by molar-refractivity contribution is -0.396. The number of nitrogens with one attached hydrogen (secondary N) is 2. The van der Waals surface area contributed by atoms with Crippen LogP contribution in [0.3, 0.4) is 0 Å². The Morgan fingerprint density at radius 2 is 1.74 bits per heavy atom. The number of hydrogen-bond acceptors (Lipinski definition) is 13. The number of methoxy groups -OCH3 is 1. The number of nitrogens with zero attached hydrogens (tertiary/aromatic N) is 5. The molecule has 14 heteroatoms. The molecule has 5 rings (SSSR count). The fourth-order valence-corrected chi connectivity index (χ4v) is 6.14. The molecule has 0 bridgehead atoms. The molecule has 1 aromatic heterocycles. The van der Waals surface area contributed by atoms with Gasteiger partial charge >= 0.3 is 6.10 Å². The summed E-state index contributed by atoms with van der Waals surface area (Å²) < 4.78 is 11.3. The summed E-state index contributed by atoms with van der Waals surface area (Å²) in [5.74, 6) is 0.967. The third-order valence-corrected chi connectivity index (χ3v) is 8.60. The molecule has 0 unspecified atom stereocenters. The molecule has 3 fully saturated rings. The van der Waals surface area contributed by atoms with E-state index in [-0.39, 0.29) is 17.6 Å². The summed E-state index contributed by atoms with van der Waals surface area (Å²) in [6.07, 6.45) is 1.49. The van der Waals surface area contributed by atoms with E-state index in [4.69, 9.17) is 20.2 Å². The lowest BCUT2D eigenvalue weighted by Crippen LogP contribution is -2.59. The Balaban J connectivity index is 1.27. The largest absolute Gasteiger partial charge is 0.495 e. The van der Waals surface area contributed by atoms with Crippen molar-refractivity contribution < 1.29 is 29.6 Å². The molecule has 0 spiro atoms. The average Bonchev–Trinajstić information content (AvgIpc) is 3.01. The molecule has 3 saturated heterocycles. The van der Waals surface area contributed by atoms with Gasteiger partial charge in [-0.15, -0.1) is 0 Å². The molecule has 2 aromatic rings. The number of aryl methyl sites for hydroxylation is 1. The van der Waals surface area contributed by atoms with Crippen molar-refractivity contribution in [3.05, 3.63) is 29.6 Å². The van der Waals surface area contributed by atoms with E-state index in [1.54, 1.807) is 7.11 Å². The molecule has 3 aliphatic heterocycles. The number of anilines is 4. The highest BCUT2D eigenvalue weighted by molar-refractivity contribution is 5.96. The highest BCUT2D eigenvalue weighted by atomic mass is 16.7. The Kier molecular flexibility index (Phi) is 9.84. The first-order valence-corrected chi connectivity index (χ1v) is 15.1. The summed E-state index contributed by atoms with van der Waals surface area (Å²) in [5, 5.41) is 35.1. The summed E-state index contributed by atoms with van der Waals surface area (Å²) >= 11 is 0. The number of primary amides is 1. The zero-order valence-corrected chi connectivity index (χ0v) is 25.0. The molecule has 3 aliphatic rings. The summed E-state index contributed by atoms with van der Waals surface area (Å²) in [6.45, 7) is 7.15. The SMILES string of the molecule is CCc1nc(C(N)=O)c(Nc2ccc(N3CCC(N4CCN(C(O)(O)O)CC4)CC3)c(OC)c2)nc1NC1CCOCC1. The molecule has 43 heavy (non-hydrogen) atoms. The predicted molar refractivity (Wildman–Crippen MR) is 161 cm³/mol. The normalized spacial score (nSPS) is 19.8. The molecule has 236 valence electrons. The van der Waals surface area contributed by atoms with Crippen molar-refractivity contribution in [2.24, 2.45) is 5.73 Å². The van der Waals surface area contributed by atoms with E-state index < -0.39 is 12.0 Å². The molecule has 0 aliphatic carbocycles. The number of rotatable bonds is 10. The maximum absolute atomic E-state index is 12.3. The minimum Gasteiger partial charge on any atom is -0.495 e. The van der Waals surface area contributed by atoms with Crippen LogP contribution in [-0.4, -0.2) is 119 Å². The number of aliphatic hydroxyl groups is 3. The van der Waals surface area contributed by atoms with Gasteiger partial charge in [-0.2, -0.15) is 0 Å². The number of ether oxygens (including phenoxy) is 2. The molecule has 1 amide bonds. The van der Waals surface area contributed by atoms with Gasteiger partial charge in [0.05, 0.1) is 18.5 Å². The highest BCUT2D eigenvalue weighted by Crippen LogP contribution is 2.35. The molecular weight excluding hydrogens is 556 g/mol. The number of amides is 1.